The van der Waals surface area contributed by atoms with Gasteiger partial charge < -0.3 is 4.79 Å². The molecule has 0 aromatic carbocycles. The first-order valence-corrected chi connectivity index (χ1v) is 4.14. The number of ketones is 1. The van der Waals surface area contributed by atoms with E-state index in [1.165, 1.54) is 0 Å². The normalized spacial score (nSPS) is 18.8. The summed E-state index contributed by atoms with van der Waals surface area (Å²) in [6, 6.07) is 0. The molecular formula is C10H12O2. The van der Waals surface area contributed by atoms with Crippen LogP contribution < -0.4 is 0 Å². The number of carbonyl (C=O) groups excluding carboxylic acids is 2. The lowest BCUT2D eigenvalue weighted by Crippen LogP contribution is -2.07. The summed E-state index contributed by atoms with van der Waals surface area (Å²) in [4.78, 5) is 21.3. The second kappa shape index (κ2) is 4.00. The highest BCUT2D eigenvalue weighted by Gasteiger charge is 2.11. The van der Waals surface area contributed by atoms with Crippen LogP contribution in [0.25, 0.3) is 0 Å². The molecule has 0 bridgehead atoms. The first-order chi connectivity index (χ1) is 5.77. The molecule has 0 aliphatic heterocycles. The van der Waals surface area contributed by atoms with Gasteiger partial charge in [0.15, 0.2) is 5.78 Å². The Morgan fingerprint density at radius 2 is 2.33 bits per heavy atom. The summed E-state index contributed by atoms with van der Waals surface area (Å²) in [6.45, 7) is 1.96. The zero-order chi connectivity index (χ0) is 8.97. The van der Waals surface area contributed by atoms with Crippen LogP contribution in [0.15, 0.2) is 23.8 Å². The molecule has 0 N–H and O–H groups in total. The van der Waals surface area contributed by atoms with Gasteiger partial charge in [-0.2, -0.15) is 0 Å². The molecule has 0 spiro atoms. The van der Waals surface area contributed by atoms with Crippen molar-refractivity contribution in [1.29, 1.82) is 0 Å². The molecule has 1 atom stereocenters. The van der Waals surface area contributed by atoms with Crippen LogP contribution in [-0.2, 0) is 9.59 Å². The van der Waals surface area contributed by atoms with Gasteiger partial charge in [0, 0.05) is 12.3 Å². The SMILES string of the molecule is CCC(C=O)C1=CCC(=O)C=C1. The highest BCUT2D eigenvalue weighted by atomic mass is 16.1. The third-order valence-electron chi connectivity index (χ3n) is 2.03. The molecule has 0 heterocycles. The Balaban J connectivity index is 2.70. The predicted molar refractivity (Wildman–Crippen MR) is 46.7 cm³/mol. The van der Waals surface area contributed by atoms with E-state index in [-0.39, 0.29) is 11.7 Å². The van der Waals surface area contributed by atoms with Crippen molar-refractivity contribution in [1.82, 2.24) is 0 Å². The average Bonchev–Trinajstić information content (AvgIpc) is 2.10. The van der Waals surface area contributed by atoms with Crippen LogP contribution in [0.4, 0.5) is 0 Å². The molecule has 0 amide bonds. The van der Waals surface area contributed by atoms with Crippen molar-refractivity contribution in [3.05, 3.63) is 23.8 Å². The number of aldehydes is 1. The van der Waals surface area contributed by atoms with E-state index in [4.69, 9.17) is 0 Å². The smallest absolute Gasteiger partial charge is 0.159 e. The van der Waals surface area contributed by atoms with Crippen LogP contribution >= 0.6 is 0 Å². The van der Waals surface area contributed by atoms with Gasteiger partial charge in [-0.05, 0) is 18.1 Å². The van der Waals surface area contributed by atoms with Crippen molar-refractivity contribution in [2.75, 3.05) is 0 Å². The Morgan fingerprint density at radius 3 is 2.75 bits per heavy atom. The monoisotopic (exact) mass is 164 g/mol. The fourth-order valence-electron chi connectivity index (χ4n) is 1.23. The van der Waals surface area contributed by atoms with Crippen molar-refractivity contribution in [2.45, 2.75) is 19.8 Å². The standard InChI is InChI=1S/C10H12O2/c1-2-8(7-11)9-3-5-10(12)6-4-9/h3-5,7-8H,2,6H2,1H3. The van der Waals surface area contributed by atoms with Gasteiger partial charge in [-0.25, -0.2) is 0 Å². The van der Waals surface area contributed by atoms with Crippen molar-refractivity contribution < 1.29 is 9.59 Å². The topological polar surface area (TPSA) is 34.1 Å². The number of hydrogen-bond acceptors (Lipinski definition) is 2. The molecule has 1 unspecified atom stereocenters. The van der Waals surface area contributed by atoms with E-state index in [9.17, 15) is 9.59 Å². The lowest BCUT2D eigenvalue weighted by atomic mass is 9.93. The molecule has 12 heavy (non-hydrogen) atoms. The first-order valence-electron chi connectivity index (χ1n) is 4.14. The van der Waals surface area contributed by atoms with Gasteiger partial charge in [0.25, 0.3) is 0 Å². The van der Waals surface area contributed by atoms with Crippen LogP contribution in [0, 0.1) is 5.92 Å². The molecule has 2 nitrogen and oxygen atoms in total. The molecule has 1 aliphatic carbocycles. The lowest BCUT2D eigenvalue weighted by Gasteiger charge is -2.10. The third-order valence-corrected chi connectivity index (χ3v) is 2.03. The van der Waals surface area contributed by atoms with E-state index in [1.54, 1.807) is 12.2 Å². The van der Waals surface area contributed by atoms with Crippen LogP contribution in [0.2, 0.25) is 0 Å². The minimum atomic E-state index is -0.0330. The Labute approximate surface area is 72.0 Å². The maximum atomic E-state index is 10.8. The molecule has 0 saturated heterocycles. The zero-order valence-electron chi connectivity index (χ0n) is 7.12. The summed E-state index contributed by atoms with van der Waals surface area (Å²) in [6.07, 6.45) is 7.30. The highest BCUT2D eigenvalue weighted by Crippen LogP contribution is 2.18. The Morgan fingerprint density at radius 1 is 1.58 bits per heavy atom. The van der Waals surface area contributed by atoms with E-state index in [0.29, 0.717) is 6.42 Å². The predicted octanol–water partition coefficient (Wildman–Crippen LogP) is 1.67. The summed E-state index contributed by atoms with van der Waals surface area (Å²) in [7, 11) is 0. The maximum Gasteiger partial charge on any atom is 0.159 e. The van der Waals surface area contributed by atoms with Crippen LogP contribution in [-0.4, -0.2) is 12.1 Å². The molecule has 1 rings (SSSR count). The quantitative estimate of drug-likeness (QED) is 0.594. The molecular weight excluding hydrogens is 152 g/mol. The van der Waals surface area contributed by atoms with Crippen molar-refractivity contribution in [2.24, 2.45) is 5.92 Å². The zero-order valence-corrected chi connectivity index (χ0v) is 7.12. The number of allylic oxidation sites excluding steroid dienone is 4. The fourth-order valence-corrected chi connectivity index (χ4v) is 1.23. The highest BCUT2D eigenvalue weighted by molar-refractivity contribution is 5.93. The summed E-state index contributed by atoms with van der Waals surface area (Å²) in [5.41, 5.74) is 0.979. The summed E-state index contributed by atoms with van der Waals surface area (Å²) < 4.78 is 0. The Hall–Kier alpha value is -1.18. The molecule has 0 saturated carbocycles. The van der Waals surface area contributed by atoms with Crippen LogP contribution in [0.1, 0.15) is 19.8 Å². The van der Waals surface area contributed by atoms with E-state index in [2.05, 4.69) is 0 Å². The third kappa shape index (κ3) is 1.91. The van der Waals surface area contributed by atoms with Gasteiger partial charge >= 0.3 is 0 Å². The summed E-state index contributed by atoms with van der Waals surface area (Å²) in [5.74, 6) is 0.0776. The Bertz CT molecular complexity index is 249. The number of carbonyl (C=O) groups is 2. The van der Waals surface area contributed by atoms with Gasteiger partial charge in [-0.15, -0.1) is 0 Å². The van der Waals surface area contributed by atoms with E-state index >= 15 is 0 Å². The fraction of sp³-hybridized carbons (Fsp3) is 0.400. The number of hydrogen-bond donors (Lipinski definition) is 0. The van der Waals surface area contributed by atoms with Gasteiger partial charge in [0.1, 0.15) is 6.29 Å². The molecule has 0 radical (unpaired) electrons. The largest absolute Gasteiger partial charge is 0.303 e. The van der Waals surface area contributed by atoms with E-state index in [1.807, 2.05) is 13.0 Å². The molecule has 0 aromatic heterocycles. The van der Waals surface area contributed by atoms with E-state index in [0.717, 1.165) is 18.3 Å². The van der Waals surface area contributed by atoms with Crippen LogP contribution in [0.5, 0.6) is 0 Å². The summed E-state index contributed by atoms with van der Waals surface area (Å²) in [5, 5.41) is 0. The minimum Gasteiger partial charge on any atom is -0.303 e. The van der Waals surface area contributed by atoms with Crippen molar-refractivity contribution in [3.8, 4) is 0 Å². The average molecular weight is 164 g/mol. The number of rotatable bonds is 3. The Kier molecular flexibility index (Phi) is 2.97. The molecule has 0 aromatic rings. The van der Waals surface area contributed by atoms with Gasteiger partial charge in [-0.3, -0.25) is 4.79 Å². The second-order valence-corrected chi connectivity index (χ2v) is 2.86. The van der Waals surface area contributed by atoms with E-state index < -0.39 is 0 Å². The first kappa shape index (κ1) is 8.91. The van der Waals surface area contributed by atoms with Crippen LogP contribution in [0.3, 0.4) is 0 Å². The second-order valence-electron chi connectivity index (χ2n) is 2.86. The molecule has 0 fully saturated rings. The van der Waals surface area contributed by atoms with Gasteiger partial charge in [0.2, 0.25) is 0 Å². The van der Waals surface area contributed by atoms with Crippen molar-refractivity contribution in [3.63, 3.8) is 0 Å². The molecule has 64 valence electrons. The molecule has 1 aliphatic rings. The minimum absolute atomic E-state index is 0.0330. The molecule has 2 heteroatoms. The van der Waals surface area contributed by atoms with Crippen molar-refractivity contribution >= 4 is 12.1 Å². The van der Waals surface area contributed by atoms with Gasteiger partial charge in [-0.1, -0.05) is 19.1 Å². The van der Waals surface area contributed by atoms with Gasteiger partial charge in [0.05, 0.1) is 0 Å². The maximum absolute atomic E-state index is 10.8. The lowest BCUT2D eigenvalue weighted by molar-refractivity contribution is -0.114. The summed E-state index contributed by atoms with van der Waals surface area (Å²) >= 11 is 0.